The van der Waals surface area contributed by atoms with Crippen LogP contribution in [-0.2, 0) is 0 Å². The van der Waals surface area contributed by atoms with Crippen molar-refractivity contribution in [3.8, 4) is 0 Å². The molecule has 0 fully saturated rings. The van der Waals surface area contributed by atoms with Crippen LogP contribution < -0.4 is 10.6 Å². The van der Waals surface area contributed by atoms with Crippen LogP contribution in [0.25, 0.3) is 0 Å². The fourth-order valence-corrected chi connectivity index (χ4v) is 1.75. The van der Waals surface area contributed by atoms with E-state index in [9.17, 15) is 0 Å². The molecule has 1 rings (SSSR count). The Labute approximate surface area is 97.0 Å². The van der Waals surface area contributed by atoms with Gasteiger partial charge in [-0.2, -0.15) is 0 Å². The topological polar surface area (TPSA) is 24.1 Å². The predicted octanol–water partition coefficient (Wildman–Crippen LogP) is 3.06. The third kappa shape index (κ3) is 3.73. The van der Waals surface area contributed by atoms with Crippen molar-refractivity contribution in [2.24, 2.45) is 0 Å². The van der Waals surface area contributed by atoms with Gasteiger partial charge in [-0.05, 0) is 45.5 Å². The zero-order chi connectivity index (χ0) is 11.5. The molecule has 0 amide bonds. The maximum absolute atomic E-state index is 5.97. The van der Waals surface area contributed by atoms with Gasteiger partial charge in [0.2, 0.25) is 0 Å². The van der Waals surface area contributed by atoms with E-state index in [0.717, 1.165) is 17.3 Å². The quantitative estimate of drug-likeness (QED) is 0.825. The highest BCUT2D eigenvalue weighted by atomic mass is 35.5. The molecule has 2 N–H and O–H groups in total. The van der Waals surface area contributed by atoms with Gasteiger partial charge in [-0.25, -0.2) is 0 Å². The summed E-state index contributed by atoms with van der Waals surface area (Å²) in [5.41, 5.74) is 2.33. The Morgan fingerprint density at radius 1 is 1.33 bits per heavy atom. The number of anilines is 1. The van der Waals surface area contributed by atoms with E-state index >= 15 is 0 Å². The third-order valence-electron chi connectivity index (χ3n) is 2.29. The van der Waals surface area contributed by atoms with Crippen molar-refractivity contribution in [3.63, 3.8) is 0 Å². The van der Waals surface area contributed by atoms with Crippen LogP contribution >= 0.6 is 11.6 Å². The highest BCUT2D eigenvalue weighted by Gasteiger charge is 2.16. The highest BCUT2D eigenvalue weighted by Crippen LogP contribution is 2.23. The average molecular weight is 227 g/mol. The van der Waals surface area contributed by atoms with Crippen LogP contribution in [0, 0.1) is 6.92 Å². The minimum Gasteiger partial charge on any atom is -0.379 e. The molecule has 0 atom stereocenters. The minimum absolute atomic E-state index is 0.0180. The summed E-state index contributed by atoms with van der Waals surface area (Å²) in [5, 5.41) is 7.42. The molecule has 0 spiro atoms. The molecule has 1 aromatic carbocycles. The molecule has 2 nitrogen and oxygen atoms in total. The van der Waals surface area contributed by atoms with Crippen LogP contribution in [0.15, 0.2) is 18.2 Å². The van der Waals surface area contributed by atoms with E-state index in [1.54, 1.807) is 0 Å². The standard InChI is InChI=1S/C12H19ClN2/c1-9-5-6-10(13)7-11(9)15-12(2,3)8-14-4/h5-7,14-15H,8H2,1-4H3. The van der Waals surface area contributed by atoms with Crippen molar-refractivity contribution in [1.82, 2.24) is 5.32 Å². The lowest BCUT2D eigenvalue weighted by molar-refractivity contribution is 0.530. The molecule has 0 saturated heterocycles. The Morgan fingerprint density at radius 3 is 2.60 bits per heavy atom. The van der Waals surface area contributed by atoms with Gasteiger partial charge in [0.15, 0.2) is 0 Å². The lowest BCUT2D eigenvalue weighted by Gasteiger charge is -2.28. The van der Waals surface area contributed by atoms with E-state index < -0.39 is 0 Å². The van der Waals surface area contributed by atoms with Gasteiger partial charge < -0.3 is 10.6 Å². The van der Waals surface area contributed by atoms with Crippen molar-refractivity contribution >= 4 is 17.3 Å². The Kier molecular flexibility index (Phi) is 4.00. The first-order chi connectivity index (χ1) is 6.94. The summed E-state index contributed by atoms with van der Waals surface area (Å²) in [6.45, 7) is 7.29. The van der Waals surface area contributed by atoms with E-state index in [1.165, 1.54) is 5.56 Å². The predicted molar refractivity (Wildman–Crippen MR) is 67.8 cm³/mol. The second kappa shape index (κ2) is 4.86. The largest absolute Gasteiger partial charge is 0.379 e. The molecule has 0 radical (unpaired) electrons. The summed E-state index contributed by atoms with van der Waals surface area (Å²) < 4.78 is 0. The Hall–Kier alpha value is -0.730. The van der Waals surface area contributed by atoms with Crippen molar-refractivity contribution in [2.45, 2.75) is 26.3 Å². The van der Waals surface area contributed by atoms with Crippen LogP contribution in [0.2, 0.25) is 5.02 Å². The lowest BCUT2D eigenvalue weighted by Crippen LogP contribution is -2.40. The maximum Gasteiger partial charge on any atom is 0.0441 e. The molecule has 15 heavy (non-hydrogen) atoms. The summed E-state index contributed by atoms with van der Waals surface area (Å²) in [7, 11) is 1.95. The number of likely N-dealkylation sites (N-methyl/N-ethyl adjacent to an activating group) is 1. The molecule has 0 saturated carbocycles. The maximum atomic E-state index is 5.97. The number of nitrogens with one attached hydrogen (secondary N) is 2. The number of aryl methyl sites for hydroxylation is 1. The highest BCUT2D eigenvalue weighted by molar-refractivity contribution is 6.30. The first-order valence-electron chi connectivity index (χ1n) is 5.13. The molecule has 0 aliphatic heterocycles. The van der Waals surface area contributed by atoms with Gasteiger partial charge in [-0.1, -0.05) is 17.7 Å². The normalized spacial score (nSPS) is 11.5. The van der Waals surface area contributed by atoms with E-state index in [2.05, 4.69) is 31.4 Å². The van der Waals surface area contributed by atoms with Gasteiger partial charge in [0.1, 0.15) is 0 Å². The lowest BCUT2D eigenvalue weighted by atomic mass is 10.0. The molecule has 0 aliphatic carbocycles. The zero-order valence-electron chi connectivity index (χ0n) is 9.82. The fourth-order valence-electron chi connectivity index (χ4n) is 1.58. The van der Waals surface area contributed by atoms with Crippen molar-refractivity contribution in [2.75, 3.05) is 18.9 Å². The van der Waals surface area contributed by atoms with Gasteiger partial charge in [0.25, 0.3) is 0 Å². The molecule has 0 bridgehead atoms. The smallest absolute Gasteiger partial charge is 0.0441 e. The molecule has 3 heteroatoms. The van der Waals surface area contributed by atoms with Gasteiger partial charge in [-0.15, -0.1) is 0 Å². The first-order valence-corrected chi connectivity index (χ1v) is 5.51. The Balaban J connectivity index is 2.83. The van der Waals surface area contributed by atoms with Crippen molar-refractivity contribution in [1.29, 1.82) is 0 Å². The monoisotopic (exact) mass is 226 g/mol. The second-order valence-corrected chi connectivity index (χ2v) is 4.93. The molecule has 0 unspecified atom stereocenters. The number of rotatable bonds is 4. The Morgan fingerprint density at radius 2 is 2.00 bits per heavy atom. The minimum atomic E-state index is 0.0180. The molecular weight excluding hydrogens is 208 g/mol. The number of halogens is 1. The van der Waals surface area contributed by atoms with Gasteiger partial charge >= 0.3 is 0 Å². The fraction of sp³-hybridized carbons (Fsp3) is 0.500. The molecule has 0 heterocycles. The molecule has 0 aliphatic rings. The molecule has 84 valence electrons. The number of hydrogen-bond donors (Lipinski definition) is 2. The third-order valence-corrected chi connectivity index (χ3v) is 2.53. The summed E-state index contributed by atoms with van der Waals surface area (Å²) in [6, 6.07) is 5.90. The van der Waals surface area contributed by atoms with Crippen molar-refractivity contribution < 1.29 is 0 Å². The number of hydrogen-bond acceptors (Lipinski definition) is 2. The van der Waals surface area contributed by atoms with E-state index in [1.807, 2.05) is 25.2 Å². The SMILES string of the molecule is CNCC(C)(C)Nc1cc(Cl)ccc1C. The second-order valence-electron chi connectivity index (χ2n) is 4.50. The van der Waals surface area contributed by atoms with Crippen LogP contribution in [0.5, 0.6) is 0 Å². The molecular formula is C12H19ClN2. The van der Waals surface area contributed by atoms with E-state index in [4.69, 9.17) is 11.6 Å². The number of benzene rings is 1. The van der Waals surface area contributed by atoms with Gasteiger partial charge in [0, 0.05) is 22.8 Å². The van der Waals surface area contributed by atoms with E-state index in [0.29, 0.717) is 0 Å². The van der Waals surface area contributed by atoms with Crippen LogP contribution in [-0.4, -0.2) is 19.1 Å². The zero-order valence-corrected chi connectivity index (χ0v) is 10.6. The summed E-state index contributed by atoms with van der Waals surface area (Å²) >= 11 is 5.97. The average Bonchev–Trinajstić information content (AvgIpc) is 2.10. The molecule has 1 aromatic rings. The van der Waals surface area contributed by atoms with Crippen molar-refractivity contribution in [3.05, 3.63) is 28.8 Å². The summed E-state index contributed by atoms with van der Waals surface area (Å²) in [6.07, 6.45) is 0. The van der Waals surface area contributed by atoms with Gasteiger partial charge in [-0.3, -0.25) is 0 Å². The van der Waals surface area contributed by atoms with Crippen LogP contribution in [0.3, 0.4) is 0 Å². The molecule has 0 aromatic heterocycles. The summed E-state index contributed by atoms with van der Waals surface area (Å²) in [4.78, 5) is 0. The van der Waals surface area contributed by atoms with Gasteiger partial charge in [0.05, 0.1) is 0 Å². The first kappa shape index (κ1) is 12.3. The Bertz CT molecular complexity index is 334. The van der Waals surface area contributed by atoms with Crippen LogP contribution in [0.4, 0.5) is 5.69 Å². The summed E-state index contributed by atoms with van der Waals surface area (Å²) in [5.74, 6) is 0. The van der Waals surface area contributed by atoms with E-state index in [-0.39, 0.29) is 5.54 Å². The van der Waals surface area contributed by atoms with Crippen LogP contribution in [0.1, 0.15) is 19.4 Å².